The minimum atomic E-state index is -0.360. The van der Waals surface area contributed by atoms with E-state index in [0.29, 0.717) is 29.6 Å². The molecule has 26 heavy (non-hydrogen) atoms. The molecule has 2 heterocycles. The molecule has 2 aromatic carbocycles. The zero-order chi connectivity index (χ0) is 18.4. The van der Waals surface area contributed by atoms with Crippen molar-refractivity contribution in [2.45, 2.75) is 19.9 Å². The second kappa shape index (κ2) is 6.91. The molecule has 3 aromatic rings. The minimum absolute atomic E-state index is 0.357. The highest BCUT2D eigenvalue weighted by atomic mass is 79.9. The van der Waals surface area contributed by atoms with E-state index < -0.39 is 0 Å². The molecule has 0 bridgehead atoms. The third-order valence-electron chi connectivity index (χ3n) is 4.47. The van der Waals surface area contributed by atoms with Gasteiger partial charge in [-0.2, -0.15) is 0 Å². The second-order valence-corrected chi connectivity index (χ2v) is 8.23. The maximum absolute atomic E-state index is 12.0. The van der Waals surface area contributed by atoms with Crippen LogP contribution in [-0.2, 0) is 13.0 Å². The molecule has 4 rings (SSSR count). The van der Waals surface area contributed by atoms with Gasteiger partial charge in [-0.05, 0) is 52.2 Å². The lowest BCUT2D eigenvalue weighted by atomic mass is 10.0. The second-order valence-electron chi connectivity index (χ2n) is 6.05. The lowest BCUT2D eigenvalue weighted by Gasteiger charge is -2.32. The van der Waals surface area contributed by atoms with Crippen LogP contribution in [0.3, 0.4) is 0 Å². The summed E-state index contributed by atoms with van der Waals surface area (Å²) in [5.41, 5.74) is 2.89. The van der Waals surface area contributed by atoms with E-state index in [-0.39, 0.29) is 5.63 Å². The number of aryl methyl sites for hydroxylation is 1. The van der Waals surface area contributed by atoms with Gasteiger partial charge in [0.2, 0.25) is 0 Å². The summed E-state index contributed by atoms with van der Waals surface area (Å²) in [5.74, 6) is 0.583. The number of ether oxygens (including phenoxy) is 1. The van der Waals surface area contributed by atoms with E-state index in [9.17, 15) is 4.79 Å². The van der Waals surface area contributed by atoms with Crippen LogP contribution in [0, 0.1) is 0 Å². The van der Waals surface area contributed by atoms with Gasteiger partial charge in [0.1, 0.15) is 11.3 Å². The first-order chi connectivity index (χ1) is 12.5. The topological polar surface area (TPSA) is 42.7 Å². The molecule has 0 unspecified atom stereocenters. The van der Waals surface area contributed by atoms with E-state index in [1.807, 2.05) is 31.2 Å². The lowest BCUT2D eigenvalue weighted by molar-refractivity contribution is 0.289. The molecule has 1 aliphatic rings. The Hall–Kier alpha value is -1.50. The molecule has 0 atom stereocenters. The monoisotopic (exact) mass is 497 g/mol. The van der Waals surface area contributed by atoms with Gasteiger partial charge < -0.3 is 14.1 Å². The Morgan fingerprint density at radius 1 is 1.23 bits per heavy atom. The van der Waals surface area contributed by atoms with Crippen LogP contribution in [0.5, 0.6) is 5.75 Å². The van der Waals surface area contributed by atoms with E-state index in [1.165, 1.54) is 6.07 Å². The standard InChI is InChI=1S/C19H14Br2ClNO3/c1-2-10-5-17(24)26-18-12(10)7-15(22)19-13(18)8-23(9-25-19)16-4-3-11(20)6-14(16)21/h3-7H,2,8-9H2,1H3. The van der Waals surface area contributed by atoms with Crippen LogP contribution in [0.15, 0.2) is 48.5 Å². The number of rotatable bonds is 2. The van der Waals surface area contributed by atoms with Crippen LogP contribution in [0.25, 0.3) is 11.0 Å². The summed E-state index contributed by atoms with van der Waals surface area (Å²) in [6.45, 7) is 2.89. The van der Waals surface area contributed by atoms with Crippen molar-refractivity contribution in [2.24, 2.45) is 0 Å². The molecule has 0 aliphatic carbocycles. The molecule has 0 saturated carbocycles. The summed E-state index contributed by atoms with van der Waals surface area (Å²) in [7, 11) is 0. The van der Waals surface area contributed by atoms with Crippen molar-refractivity contribution in [2.75, 3.05) is 11.6 Å². The fourth-order valence-electron chi connectivity index (χ4n) is 3.24. The summed E-state index contributed by atoms with van der Waals surface area (Å²) in [5, 5.41) is 1.39. The van der Waals surface area contributed by atoms with Crippen LogP contribution in [0.1, 0.15) is 18.1 Å². The van der Waals surface area contributed by atoms with E-state index >= 15 is 0 Å². The van der Waals surface area contributed by atoms with Crippen molar-refractivity contribution in [1.29, 1.82) is 0 Å². The van der Waals surface area contributed by atoms with Gasteiger partial charge in [-0.3, -0.25) is 0 Å². The number of benzene rings is 2. The number of anilines is 1. The largest absolute Gasteiger partial charge is 0.471 e. The highest BCUT2D eigenvalue weighted by Gasteiger charge is 2.26. The molecule has 1 aromatic heterocycles. The van der Waals surface area contributed by atoms with Crippen molar-refractivity contribution in [3.05, 3.63) is 65.8 Å². The Labute approximate surface area is 172 Å². The summed E-state index contributed by atoms with van der Waals surface area (Å²) >= 11 is 13.5. The molecule has 134 valence electrons. The smallest absolute Gasteiger partial charge is 0.336 e. The zero-order valence-corrected chi connectivity index (χ0v) is 17.7. The highest BCUT2D eigenvalue weighted by molar-refractivity contribution is 9.11. The predicted molar refractivity (Wildman–Crippen MR) is 110 cm³/mol. The molecule has 0 spiro atoms. The van der Waals surface area contributed by atoms with Gasteiger partial charge in [0, 0.05) is 20.4 Å². The first-order valence-corrected chi connectivity index (χ1v) is 10.0. The number of halogens is 3. The molecule has 0 N–H and O–H groups in total. The van der Waals surface area contributed by atoms with Crippen molar-refractivity contribution < 1.29 is 9.15 Å². The minimum Gasteiger partial charge on any atom is -0.471 e. The fraction of sp³-hybridized carbons (Fsp3) is 0.211. The summed E-state index contributed by atoms with van der Waals surface area (Å²) < 4.78 is 13.4. The molecule has 4 nitrogen and oxygen atoms in total. The highest BCUT2D eigenvalue weighted by Crippen LogP contribution is 2.41. The van der Waals surface area contributed by atoms with E-state index in [0.717, 1.165) is 37.6 Å². The Balaban J connectivity index is 1.89. The van der Waals surface area contributed by atoms with Crippen LogP contribution < -0.4 is 15.3 Å². The van der Waals surface area contributed by atoms with Crippen molar-refractivity contribution in [3.63, 3.8) is 0 Å². The Morgan fingerprint density at radius 2 is 2.04 bits per heavy atom. The van der Waals surface area contributed by atoms with Gasteiger partial charge in [0.05, 0.1) is 22.8 Å². The Morgan fingerprint density at radius 3 is 2.77 bits per heavy atom. The van der Waals surface area contributed by atoms with E-state index in [1.54, 1.807) is 0 Å². The molecular weight excluding hydrogens is 485 g/mol. The Kier molecular flexibility index (Phi) is 4.75. The SMILES string of the molecule is CCc1cc(=O)oc2c3c(c(Cl)cc12)OCN(c1ccc(Br)cc1Br)C3. The lowest BCUT2D eigenvalue weighted by Crippen LogP contribution is -2.32. The molecule has 0 saturated heterocycles. The number of hydrogen-bond donors (Lipinski definition) is 0. The average molecular weight is 500 g/mol. The average Bonchev–Trinajstić information content (AvgIpc) is 2.61. The van der Waals surface area contributed by atoms with E-state index in [2.05, 4.69) is 36.8 Å². The van der Waals surface area contributed by atoms with Gasteiger partial charge >= 0.3 is 5.63 Å². The summed E-state index contributed by atoms with van der Waals surface area (Å²) in [4.78, 5) is 14.1. The van der Waals surface area contributed by atoms with Crippen LogP contribution in [0.4, 0.5) is 5.69 Å². The first kappa shape index (κ1) is 17.9. The maximum atomic E-state index is 12.0. The molecular formula is C19H14Br2ClNO3. The molecule has 0 fully saturated rings. The molecule has 0 amide bonds. The zero-order valence-electron chi connectivity index (χ0n) is 13.8. The van der Waals surface area contributed by atoms with Crippen molar-refractivity contribution in [3.8, 4) is 5.75 Å². The van der Waals surface area contributed by atoms with Crippen molar-refractivity contribution in [1.82, 2.24) is 0 Å². The quantitative estimate of drug-likeness (QED) is 0.413. The van der Waals surface area contributed by atoms with Gasteiger partial charge in [0.15, 0.2) is 6.73 Å². The molecule has 7 heteroatoms. The molecule has 0 radical (unpaired) electrons. The van der Waals surface area contributed by atoms with E-state index in [4.69, 9.17) is 20.8 Å². The van der Waals surface area contributed by atoms with Gasteiger partial charge in [-0.1, -0.05) is 34.5 Å². The van der Waals surface area contributed by atoms with Gasteiger partial charge in [0.25, 0.3) is 0 Å². The van der Waals surface area contributed by atoms with Crippen molar-refractivity contribution >= 4 is 60.1 Å². The van der Waals surface area contributed by atoms with Gasteiger partial charge in [-0.15, -0.1) is 0 Å². The van der Waals surface area contributed by atoms with Crippen LogP contribution in [0.2, 0.25) is 5.02 Å². The molecule has 1 aliphatic heterocycles. The normalized spacial score (nSPS) is 13.6. The summed E-state index contributed by atoms with van der Waals surface area (Å²) in [6.07, 6.45) is 0.722. The fourth-order valence-corrected chi connectivity index (χ4v) is 4.81. The number of nitrogens with zero attached hydrogens (tertiary/aromatic N) is 1. The summed E-state index contributed by atoms with van der Waals surface area (Å²) in [6, 6.07) is 9.31. The third-order valence-corrected chi connectivity index (χ3v) is 5.88. The Bertz CT molecular complexity index is 1080. The van der Waals surface area contributed by atoms with Crippen LogP contribution >= 0.6 is 43.5 Å². The van der Waals surface area contributed by atoms with Gasteiger partial charge in [-0.25, -0.2) is 4.79 Å². The number of fused-ring (bicyclic) bond motifs is 3. The number of hydrogen-bond acceptors (Lipinski definition) is 4. The maximum Gasteiger partial charge on any atom is 0.336 e. The first-order valence-electron chi connectivity index (χ1n) is 8.09. The third kappa shape index (κ3) is 3.04. The predicted octanol–water partition coefficient (Wildman–Crippen LogP) is 5.89. The van der Waals surface area contributed by atoms with Crippen LogP contribution in [-0.4, -0.2) is 6.73 Å².